The first-order chi connectivity index (χ1) is 10.2. The predicted octanol–water partition coefficient (Wildman–Crippen LogP) is 3.70. The van der Waals surface area contributed by atoms with Crippen LogP contribution in [0, 0.1) is 0 Å². The highest BCUT2D eigenvalue weighted by atomic mass is 32.1. The molecule has 2 aromatic rings. The number of benzene rings is 1. The van der Waals surface area contributed by atoms with Gasteiger partial charge in [0.2, 0.25) is 0 Å². The van der Waals surface area contributed by atoms with Crippen molar-refractivity contribution in [2.75, 3.05) is 13.2 Å². The molecule has 4 nitrogen and oxygen atoms in total. The first-order valence-corrected chi connectivity index (χ1v) is 7.94. The van der Waals surface area contributed by atoms with Crippen LogP contribution in [0.15, 0.2) is 29.6 Å². The molecular weight excluding hydrogens is 286 g/mol. The summed E-state index contributed by atoms with van der Waals surface area (Å²) in [5.74, 6) is 0.603. The highest BCUT2D eigenvalue weighted by Gasteiger charge is 2.10. The molecule has 0 aliphatic rings. The third-order valence-corrected chi connectivity index (χ3v) is 3.68. The van der Waals surface area contributed by atoms with Crippen LogP contribution >= 0.6 is 11.3 Å². The van der Waals surface area contributed by atoms with Gasteiger partial charge in [-0.3, -0.25) is 4.79 Å². The fraction of sp³-hybridized carbons (Fsp3) is 0.375. The Balaban J connectivity index is 2.08. The van der Waals surface area contributed by atoms with Crippen LogP contribution in [0.5, 0.6) is 5.75 Å². The summed E-state index contributed by atoms with van der Waals surface area (Å²) >= 11 is 1.52. The summed E-state index contributed by atoms with van der Waals surface area (Å²) < 4.78 is 10.6. The van der Waals surface area contributed by atoms with Crippen molar-refractivity contribution < 1.29 is 14.3 Å². The molecule has 0 unspecified atom stereocenters. The first-order valence-electron chi connectivity index (χ1n) is 7.06. The van der Waals surface area contributed by atoms with Gasteiger partial charge in [-0.15, -0.1) is 11.3 Å². The van der Waals surface area contributed by atoms with E-state index in [1.807, 2.05) is 29.6 Å². The van der Waals surface area contributed by atoms with Crippen LogP contribution in [-0.2, 0) is 16.0 Å². The lowest BCUT2D eigenvalue weighted by molar-refractivity contribution is -0.142. The summed E-state index contributed by atoms with van der Waals surface area (Å²) in [7, 11) is 0. The molecular formula is C16H19NO3S. The molecule has 0 saturated carbocycles. The van der Waals surface area contributed by atoms with Gasteiger partial charge < -0.3 is 9.47 Å². The minimum atomic E-state index is -0.241. The van der Waals surface area contributed by atoms with E-state index in [1.165, 1.54) is 11.3 Å². The van der Waals surface area contributed by atoms with Gasteiger partial charge in [0.1, 0.15) is 10.8 Å². The average molecular weight is 305 g/mol. The summed E-state index contributed by atoms with van der Waals surface area (Å²) in [6, 6.07) is 7.85. The molecule has 0 aliphatic heterocycles. The third kappa shape index (κ3) is 4.56. The highest BCUT2D eigenvalue weighted by Crippen LogP contribution is 2.27. The second-order valence-corrected chi connectivity index (χ2v) is 5.36. The topological polar surface area (TPSA) is 48.4 Å². The van der Waals surface area contributed by atoms with E-state index in [9.17, 15) is 4.79 Å². The molecule has 21 heavy (non-hydrogen) atoms. The Kier molecular flexibility index (Phi) is 5.75. The number of hydrogen-bond acceptors (Lipinski definition) is 5. The van der Waals surface area contributed by atoms with Crippen molar-refractivity contribution in [3.05, 3.63) is 35.3 Å². The quantitative estimate of drug-likeness (QED) is 0.732. The fourth-order valence-electron chi connectivity index (χ4n) is 1.82. The fourth-order valence-corrected chi connectivity index (χ4v) is 2.64. The van der Waals surface area contributed by atoms with E-state index in [2.05, 4.69) is 11.9 Å². The molecule has 1 aromatic carbocycles. The lowest BCUT2D eigenvalue weighted by Crippen LogP contribution is -2.07. The van der Waals surface area contributed by atoms with Crippen LogP contribution in [-0.4, -0.2) is 24.2 Å². The van der Waals surface area contributed by atoms with E-state index in [0.29, 0.717) is 13.2 Å². The number of esters is 1. The number of rotatable bonds is 7. The van der Waals surface area contributed by atoms with Crippen LogP contribution < -0.4 is 4.74 Å². The zero-order valence-corrected chi connectivity index (χ0v) is 13.1. The van der Waals surface area contributed by atoms with Crippen molar-refractivity contribution in [2.24, 2.45) is 0 Å². The summed E-state index contributed by atoms with van der Waals surface area (Å²) in [6.45, 7) is 4.97. The zero-order chi connectivity index (χ0) is 15.1. The predicted molar refractivity (Wildman–Crippen MR) is 83.7 cm³/mol. The van der Waals surface area contributed by atoms with E-state index in [1.54, 1.807) is 6.92 Å². The molecule has 1 heterocycles. The van der Waals surface area contributed by atoms with Crippen molar-refractivity contribution in [2.45, 2.75) is 26.7 Å². The number of nitrogens with zero attached hydrogens (tertiary/aromatic N) is 1. The van der Waals surface area contributed by atoms with Gasteiger partial charge in [-0.2, -0.15) is 0 Å². The molecule has 2 rings (SSSR count). The van der Waals surface area contributed by atoms with Gasteiger partial charge in [0.25, 0.3) is 0 Å². The number of carbonyl (C=O) groups is 1. The normalized spacial score (nSPS) is 10.4. The minimum absolute atomic E-state index is 0.219. The smallest absolute Gasteiger partial charge is 0.311 e. The largest absolute Gasteiger partial charge is 0.494 e. The molecule has 0 saturated heterocycles. The lowest BCUT2D eigenvalue weighted by atomic mass is 10.2. The second-order valence-electron chi connectivity index (χ2n) is 4.50. The average Bonchev–Trinajstić information content (AvgIpc) is 2.94. The van der Waals surface area contributed by atoms with Crippen molar-refractivity contribution in [1.82, 2.24) is 4.98 Å². The molecule has 0 amide bonds. The molecule has 112 valence electrons. The van der Waals surface area contributed by atoms with Gasteiger partial charge in [0, 0.05) is 10.9 Å². The first kappa shape index (κ1) is 15.5. The maximum atomic E-state index is 11.5. The summed E-state index contributed by atoms with van der Waals surface area (Å²) in [5.41, 5.74) is 1.75. The van der Waals surface area contributed by atoms with Gasteiger partial charge >= 0.3 is 5.97 Å². The monoisotopic (exact) mass is 305 g/mol. The van der Waals surface area contributed by atoms with Gasteiger partial charge in [0.15, 0.2) is 0 Å². The van der Waals surface area contributed by atoms with E-state index in [0.717, 1.165) is 28.4 Å². The molecule has 0 bridgehead atoms. The van der Waals surface area contributed by atoms with Crippen LogP contribution in [0.3, 0.4) is 0 Å². The van der Waals surface area contributed by atoms with Crippen LogP contribution in [0.1, 0.15) is 26.0 Å². The number of hydrogen-bond donors (Lipinski definition) is 0. The molecule has 0 radical (unpaired) electrons. The molecule has 0 fully saturated rings. The Bertz CT molecular complexity index is 595. The molecule has 0 N–H and O–H groups in total. The Morgan fingerprint density at radius 2 is 2.19 bits per heavy atom. The standard InChI is InChI=1S/C16H19NO3S/c1-3-8-20-14-7-5-6-12(9-14)16-17-13(11-21-16)10-15(18)19-4-2/h5-7,9,11H,3-4,8,10H2,1-2H3. The number of aromatic nitrogens is 1. The van der Waals surface area contributed by atoms with Gasteiger partial charge in [-0.1, -0.05) is 19.1 Å². The van der Waals surface area contributed by atoms with Gasteiger partial charge in [0.05, 0.1) is 25.3 Å². The van der Waals surface area contributed by atoms with Crippen molar-refractivity contribution in [3.8, 4) is 16.3 Å². The summed E-state index contributed by atoms with van der Waals surface area (Å²) in [5, 5.41) is 2.78. The maximum absolute atomic E-state index is 11.5. The number of ether oxygens (including phenoxy) is 2. The number of thiazole rings is 1. The Hall–Kier alpha value is -1.88. The molecule has 5 heteroatoms. The lowest BCUT2D eigenvalue weighted by Gasteiger charge is -2.05. The van der Waals surface area contributed by atoms with Crippen LogP contribution in [0.25, 0.3) is 10.6 Å². The highest BCUT2D eigenvalue weighted by molar-refractivity contribution is 7.13. The van der Waals surface area contributed by atoms with Crippen molar-refractivity contribution in [1.29, 1.82) is 0 Å². The maximum Gasteiger partial charge on any atom is 0.311 e. The van der Waals surface area contributed by atoms with Gasteiger partial charge in [-0.25, -0.2) is 4.98 Å². The van der Waals surface area contributed by atoms with Crippen LogP contribution in [0.4, 0.5) is 0 Å². The Labute approximate surface area is 128 Å². The Morgan fingerprint density at radius 3 is 2.95 bits per heavy atom. The second kappa shape index (κ2) is 7.78. The third-order valence-electron chi connectivity index (χ3n) is 2.74. The SMILES string of the molecule is CCCOc1cccc(-c2nc(CC(=O)OCC)cs2)c1. The molecule has 1 aromatic heterocycles. The van der Waals surface area contributed by atoms with Crippen molar-refractivity contribution >= 4 is 17.3 Å². The van der Waals surface area contributed by atoms with Crippen LogP contribution in [0.2, 0.25) is 0 Å². The zero-order valence-electron chi connectivity index (χ0n) is 12.3. The van der Waals surface area contributed by atoms with Crippen molar-refractivity contribution in [3.63, 3.8) is 0 Å². The van der Waals surface area contributed by atoms with Gasteiger partial charge in [-0.05, 0) is 25.5 Å². The molecule has 0 spiro atoms. The molecule has 0 atom stereocenters. The van der Waals surface area contributed by atoms with E-state index in [4.69, 9.17) is 9.47 Å². The van der Waals surface area contributed by atoms with E-state index < -0.39 is 0 Å². The van der Waals surface area contributed by atoms with E-state index >= 15 is 0 Å². The summed E-state index contributed by atoms with van der Waals surface area (Å²) in [4.78, 5) is 15.9. The number of carbonyl (C=O) groups excluding carboxylic acids is 1. The summed E-state index contributed by atoms with van der Waals surface area (Å²) in [6.07, 6.45) is 1.20. The minimum Gasteiger partial charge on any atom is -0.494 e. The molecule has 0 aliphatic carbocycles. The Morgan fingerprint density at radius 1 is 1.33 bits per heavy atom. The van der Waals surface area contributed by atoms with E-state index in [-0.39, 0.29) is 12.4 Å².